The van der Waals surface area contributed by atoms with Crippen molar-refractivity contribution < 1.29 is 13.7 Å². The molecule has 1 aliphatic rings. The van der Waals surface area contributed by atoms with Gasteiger partial charge in [0.1, 0.15) is 11.2 Å². The van der Waals surface area contributed by atoms with E-state index in [1.165, 1.54) is 25.7 Å². The van der Waals surface area contributed by atoms with Gasteiger partial charge in [0.05, 0.1) is 11.2 Å². The highest BCUT2D eigenvalue weighted by molar-refractivity contribution is 7.25. The summed E-state index contributed by atoms with van der Waals surface area (Å²) in [6, 6.07) is 45.5. The van der Waals surface area contributed by atoms with E-state index in [2.05, 4.69) is 167 Å². The number of para-hydroxylation sites is 2. The molecular formula is C43H36BNO3S. The minimum atomic E-state index is -0.412. The number of rotatable bonds is 5. The first-order valence-electron chi connectivity index (χ1n) is 16.9. The number of furan rings is 1. The predicted octanol–water partition coefficient (Wildman–Crippen LogP) is 11.7. The van der Waals surface area contributed by atoms with Gasteiger partial charge in [0.25, 0.3) is 0 Å². The van der Waals surface area contributed by atoms with Gasteiger partial charge in [-0.15, -0.1) is 11.3 Å². The van der Waals surface area contributed by atoms with Crippen molar-refractivity contribution in [1.82, 2.24) is 0 Å². The van der Waals surface area contributed by atoms with Crippen LogP contribution in [0.5, 0.6) is 0 Å². The third-order valence-corrected chi connectivity index (χ3v) is 11.6. The zero-order chi connectivity index (χ0) is 33.5. The first-order valence-corrected chi connectivity index (χ1v) is 17.7. The normalized spacial score (nSPS) is 15.6. The van der Waals surface area contributed by atoms with Crippen molar-refractivity contribution in [3.05, 3.63) is 133 Å². The van der Waals surface area contributed by atoms with Gasteiger partial charge < -0.3 is 18.6 Å². The summed E-state index contributed by atoms with van der Waals surface area (Å²) in [5.41, 5.74) is 8.66. The molecule has 0 atom stereocenters. The smallest absolute Gasteiger partial charge is 0.455 e. The highest BCUT2D eigenvalue weighted by atomic mass is 32.1. The molecule has 1 fully saturated rings. The lowest BCUT2D eigenvalue weighted by molar-refractivity contribution is 0.00578. The number of benzene rings is 6. The molecule has 3 heterocycles. The van der Waals surface area contributed by atoms with Gasteiger partial charge in [-0.05, 0) is 117 Å². The largest absolute Gasteiger partial charge is 0.494 e. The molecule has 6 heteroatoms. The first-order chi connectivity index (χ1) is 23.7. The monoisotopic (exact) mass is 657 g/mol. The fourth-order valence-corrected chi connectivity index (χ4v) is 8.19. The van der Waals surface area contributed by atoms with Crippen molar-refractivity contribution in [2.24, 2.45) is 0 Å². The van der Waals surface area contributed by atoms with Crippen molar-refractivity contribution >= 4 is 83.1 Å². The van der Waals surface area contributed by atoms with Crippen LogP contribution in [0.25, 0.3) is 53.2 Å². The minimum Gasteiger partial charge on any atom is -0.455 e. The van der Waals surface area contributed by atoms with Crippen LogP contribution in [0.4, 0.5) is 17.1 Å². The van der Waals surface area contributed by atoms with Crippen LogP contribution in [0, 0.1) is 6.92 Å². The maximum Gasteiger partial charge on any atom is 0.494 e. The van der Waals surface area contributed by atoms with Crippen LogP contribution < -0.4 is 10.4 Å². The van der Waals surface area contributed by atoms with Gasteiger partial charge >= 0.3 is 7.12 Å². The number of aryl methyl sites for hydroxylation is 1. The van der Waals surface area contributed by atoms with Gasteiger partial charge in [0, 0.05) is 48.2 Å². The minimum absolute atomic E-state index is 0.398. The maximum absolute atomic E-state index is 6.72. The molecule has 0 unspecified atom stereocenters. The topological polar surface area (TPSA) is 34.8 Å². The molecule has 49 heavy (non-hydrogen) atoms. The van der Waals surface area contributed by atoms with Crippen LogP contribution in [-0.4, -0.2) is 18.3 Å². The Hall–Kier alpha value is -4.88. The maximum atomic E-state index is 6.72. The lowest BCUT2D eigenvalue weighted by atomic mass is 9.78. The standard InChI is InChI=1S/C43H36BNO3S/c1-27-13-12-18-37-40(27)36-26-32(45(30-14-8-6-9-15-30)31-16-10-7-11-17-31)25-33(41(36)46-37)28-19-21-38-34(23-28)35-24-29(20-22-39(35)49-38)44-47-42(2,3)43(4,5)48-44/h6-26H,1-5H3. The summed E-state index contributed by atoms with van der Waals surface area (Å²) in [5, 5.41) is 4.67. The average Bonchev–Trinajstić information content (AvgIpc) is 3.73. The fraction of sp³-hybridized carbons (Fsp3) is 0.163. The number of hydrogen-bond donors (Lipinski definition) is 0. The summed E-state index contributed by atoms with van der Waals surface area (Å²) >= 11 is 1.82. The van der Waals surface area contributed by atoms with Gasteiger partial charge in [-0.3, -0.25) is 0 Å². The third-order valence-electron chi connectivity index (χ3n) is 10.4. The second-order valence-corrected chi connectivity index (χ2v) is 15.2. The third kappa shape index (κ3) is 4.89. The summed E-state index contributed by atoms with van der Waals surface area (Å²) in [6.45, 7) is 10.6. The fourth-order valence-electron chi connectivity index (χ4n) is 7.12. The van der Waals surface area contributed by atoms with E-state index in [1.807, 2.05) is 11.3 Å². The molecule has 0 saturated carbocycles. The van der Waals surface area contributed by atoms with Gasteiger partial charge in [-0.2, -0.15) is 0 Å². The number of anilines is 3. The molecule has 6 aromatic carbocycles. The lowest BCUT2D eigenvalue weighted by Crippen LogP contribution is -2.41. The van der Waals surface area contributed by atoms with Crippen LogP contribution in [-0.2, 0) is 9.31 Å². The Bertz CT molecular complexity index is 2480. The van der Waals surface area contributed by atoms with Crippen molar-refractivity contribution in [1.29, 1.82) is 0 Å². The second-order valence-electron chi connectivity index (χ2n) is 14.1. The molecule has 0 spiro atoms. The van der Waals surface area contributed by atoms with Crippen molar-refractivity contribution in [2.75, 3.05) is 4.90 Å². The molecule has 240 valence electrons. The van der Waals surface area contributed by atoms with Gasteiger partial charge in [-0.25, -0.2) is 0 Å². The van der Waals surface area contributed by atoms with E-state index < -0.39 is 18.3 Å². The van der Waals surface area contributed by atoms with Crippen molar-refractivity contribution in [3.8, 4) is 11.1 Å². The van der Waals surface area contributed by atoms with Gasteiger partial charge in [0.15, 0.2) is 0 Å². The molecule has 4 nitrogen and oxygen atoms in total. The first kappa shape index (κ1) is 30.2. The molecule has 1 aliphatic heterocycles. The zero-order valence-corrected chi connectivity index (χ0v) is 29.1. The molecule has 0 bridgehead atoms. The molecule has 0 aliphatic carbocycles. The Morgan fingerprint density at radius 3 is 1.90 bits per heavy atom. The highest BCUT2D eigenvalue weighted by Gasteiger charge is 2.51. The zero-order valence-electron chi connectivity index (χ0n) is 28.3. The van der Waals surface area contributed by atoms with E-state index in [4.69, 9.17) is 13.7 Å². The SMILES string of the molecule is Cc1cccc2oc3c(-c4ccc5sc6ccc(B7OC(C)(C)C(C)(C)O7)cc6c5c4)cc(N(c4ccccc4)c4ccccc4)cc3c12. The van der Waals surface area contributed by atoms with Crippen LogP contribution in [0.3, 0.4) is 0 Å². The van der Waals surface area contributed by atoms with Gasteiger partial charge in [0.2, 0.25) is 0 Å². The van der Waals surface area contributed by atoms with Crippen LogP contribution in [0.1, 0.15) is 33.3 Å². The highest BCUT2D eigenvalue weighted by Crippen LogP contribution is 2.45. The Kier molecular flexibility index (Phi) is 6.83. The predicted molar refractivity (Wildman–Crippen MR) is 207 cm³/mol. The second kappa shape index (κ2) is 11.1. The summed E-state index contributed by atoms with van der Waals surface area (Å²) in [6.07, 6.45) is 0. The van der Waals surface area contributed by atoms with Crippen molar-refractivity contribution in [2.45, 2.75) is 45.8 Å². The molecule has 1 saturated heterocycles. The molecule has 8 aromatic rings. The van der Waals surface area contributed by atoms with Crippen LogP contribution in [0.2, 0.25) is 0 Å². The van der Waals surface area contributed by atoms with Crippen LogP contribution >= 0.6 is 11.3 Å². The van der Waals surface area contributed by atoms with E-state index in [9.17, 15) is 0 Å². The molecular weight excluding hydrogens is 621 g/mol. The van der Waals surface area contributed by atoms with E-state index in [0.29, 0.717) is 0 Å². The summed E-state index contributed by atoms with van der Waals surface area (Å²) in [5.74, 6) is 0. The molecule has 9 rings (SSSR count). The Morgan fingerprint density at radius 2 is 1.22 bits per heavy atom. The Labute approximate surface area is 290 Å². The number of nitrogens with zero attached hydrogens (tertiary/aromatic N) is 1. The van der Waals surface area contributed by atoms with Crippen LogP contribution in [0.15, 0.2) is 132 Å². The number of hydrogen-bond acceptors (Lipinski definition) is 5. The summed E-state index contributed by atoms with van der Waals surface area (Å²) < 4.78 is 22.1. The quantitative estimate of drug-likeness (QED) is 0.173. The van der Waals surface area contributed by atoms with E-state index >= 15 is 0 Å². The van der Waals surface area contributed by atoms with Crippen molar-refractivity contribution in [3.63, 3.8) is 0 Å². The molecule has 0 N–H and O–H groups in total. The number of fused-ring (bicyclic) bond motifs is 6. The summed E-state index contributed by atoms with van der Waals surface area (Å²) in [4.78, 5) is 2.33. The molecule has 0 amide bonds. The lowest BCUT2D eigenvalue weighted by Gasteiger charge is -2.32. The molecule has 2 aromatic heterocycles. The van der Waals surface area contributed by atoms with E-state index in [-0.39, 0.29) is 0 Å². The summed E-state index contributed by atoms with van der Waals surface area (Å²) in [7, 11) is -0.412. The number of thiophene rings is 1. The average molecular weight is 658 g/mol. The van der Waals surface area contributed by atoms with E-state index in [1.54, 1.807) is 0 Å². The Balaban J connectivity index is 1.27. The van der Waals surface area contributed by atoms with E-state index in [0.717, 1.165) is 55.6 Å². The Morgan fingerprint density at radius 1 is 0.592 bits per heavy atom. The van der Waals surface area contributed by atoms with Gasteiger partial charge in [-0.1, -0.05) is 66.7 Å². The molecule has 0 radical (unpaired) electrons.